The predicted molar refractivity (Wildman–Crippen MR) is 102 cm³/mol. The fraction of sp³-hybridized carbons (Fsp3) is 0.400. The molecule has 0 bridgehead atoms. The highest BCUT2D eigenvalue weighted by atomic mass is 79.9. The van der Waals surface area contributed by atoms with Crippen molar-refractivity contribution in [2.24, 2.45) is 0 Å². The lowest BCUT2D eigenvalue weighted by Gasteiger charge is -2.41. The van der Waals surface area contributed by atoms with E-state index in [2.05, 4.69) is 40.0 Å². The number of nitrogens with zero attached hydrogens (tertiary/aromatic N) is 1. The second-order valence-corrected chi connectivity index (χ2v) is 7.75. The average molecular weight is 418 g/mol. The molecule has 5 rings (SSSR count). The van der Waals surface area contributed by atoms with Crippen LogP contribution < -0.4 is 18.9 Å². The van der Waals surface area contributed by atoms with Crippen molar-refractivity contribution in [1.29, 1.82) is 0 Å². The van der Waals surface area contributed by atoms with Gasteiger partial charge in [-0.05, 0) is 70.2 Å². The molecule has 0 N–H and O–H groups in total. The van der Waals surface area contributed by atoms with Crippen LogP contribution in [0.3, 0.4) is 0 Å². The smallest absolute Gasteiger partial charge is 0.231 e. The minimum absolute atomic E-state index is 0.278. The molecule has 26 heavy (non-hydrogen) atoms. The summed E-state index contributed by atoms with van der Waals surface area (Å²) in [5, 5.41) is 0. The van der Waals surface area contributed by atoms with E-state index in [1.54, 1.807) is 14.2 Å². The van der Waals surface area contributed by atoms with E-state index in [-0.39, 0.29) is 6.79 Å². The third-order valence-electron chi connectivity index (χ3n) is 5.76. The Morgan fingerprint density at radius 1 is 1.12 bits per heavy atom. The van der Waals surface area contributed by atoms with Gasteiger partial charge in [0.25, 0.3) is 0 Å². The van der Waals surface area contributed by atoms with Gasteiger partial charge in [-0.25, -0.2) is 0 Å². The Morgan fingerprint density at radius 3 is 2.58 bits per heavy atom. The monoisotopic (exact) mass is 417 g/mol. The van der Waals surface area contributed by atoms with Gasteiger partial charge in [-0.2, -0.15) is 0 Å². The van der Waals surface area contributed by atoms with E-state index < -0.39 is 0 Å². The van der Waals surface area contributed by atoms with Crippen LogP contribution in [0.25, 0.3) is 11.1 Å². The van der Waals surface area contributed by atoms with Crippen LogP contribution in [-0.2, 0) is 12.8 Å². The summed E-state index contributed by atoms with van der Waals surface area (Å²) in [6.45, 7) is 1.30. The van der Waals surface area contributed by atoms with Gasteiger partial charge in [-0.15, -0.1) is 0 Å². The van der Waals surface area contributed by atoms with E-state index in [1.807, 2.05) is 0 Å². The molecule has 5 nitrogen and oxygen atoms in total. The second-order valence-electron chi connectivity index (χ2n) is 6.96. The molecule has 2 aliphatic heterocycles. The highest BCUT2D eigenvalue weighted by Crippen LogP contribution is 2.56. The number of hydrogen-bond donors (Lipinski definition) is 0. The molecule has 0 unspecified atom stereocenters. The normalized spacial score (nSPS) is 19.8. The van der Waals surface area contributed by atoms with Crippen LogP contribution in [-0.4, -0.2) is 39.5 Å². The van der Waals surface area contributed by atoms with Crippen LogP contribution in [0.5, 0.6) is 23.0 Å². The Bertz CT molecular complexity index is 927. The molecular formula is C20H20BrNO4. The predicted octanol–water partition coefficient (Wildman–Crippen LogP) is 3.95. The van der Waals surface area contributed by atoms with E-state index in [4.69, 9.17) is 18.9 Å². The van der Waals surface area contributed by atoms with Crippen molar-refractivity contribution in [3.63, 3.8) is 0 Å². The van der Waals surface area contributed by atoms with Crippen molar-refractivity contribution in [1.82, 2.24) is 4.90 Å². The van der Waals surface area contributed by atoms with Crippen LogP contribution in [0.15, 0.2) is 16.6 Å². The number of fused-ring (bicyclic) bond motifs is 3. The number of rotatable bonds is 2. The topological polar surface area (TPSA) is 40.2 Å². The first-order chi connectivity index (χ1) is 12.6. The third-order valence-corrected chi connectivity index (χ3v) is 6.60. The van der Waals surface area contributed by atoms with E-state index in [0.29, 0.717) is 6.04 Å². The molecule has 6 heteroatoms. The molecule has 2 aromatic rings. The van der Waals surface area contributed by atoms with Gasteiger partial charge in [0.15, 0.2) is 23.0 Å². The molecule has 0 radical (unpaired) electrons. The van der Waals surface area contributed by atoms with Crippen molar-refractivity contribution in [2.45, 2.75) is 18.9 Å². The molecule has 0 saturated heterocycles. The van der Waals surface area contributed by atoms with Gasteiger partial charge in [0.2, 0.25) is 6.79 Å². The summed E-state index contributed by atoms with van der Waals surface area (Å²) in [4.78, 5) is 2.43. The van der Waals surface area contributed by atoms with Crippen LogP contribution in [0.4, 0.5) is 0 Å². The lowest BCUT2D eigenvalue weighted by Crippen LogP contribution is -2.36. The first kappa shape index (κ1) is 16.3. The van der Waals surface area contributed by atoms with E-state index in [1.165, 1.54) is 16.7 Å². The summed E-state index contributed by atoms with van der Waals surface area (Å²) in [5.74, 6) is 3.16. The Morgan fingerprint density at radius 2 is 1.85 bits per heavy atom. The fourth-order valence-corrected chi connectivity index (χ4v) is 5.27. The fourth-order valence-electron chi connectivity index (χ4n) is 4.51. The first-order valence-corrected chi connectivity index (χ1v) is 9.52. The van der Waals surface area contributed by atoms with Crippen LogP contribution in [0.2, 0.25) is 0 Å². The molecule has 0 spiro atoms. The summed E-state index contributed by atoms with van der Waals surface area (Å²) >= 11 is 3.78. The molecule has 0 saturated carbocycles. The van der Waals surface area contributed by atoms with Crippen molar-refractivity contribution < 1.29 is 18.9 Å². The zero-order chi connectivity index (χ0) is 18.0. The second kappa shape index (κ2) is 5.79. The average Bonchev–Trinajstić information content (AvgIpc) is 3.10. The standard InChI is InChI=1S/C20H20BrNO4/c1-22-5-4-11-16-13(22)6-10-7-14-15(26-9-25-14)8-12(10)17(16)19(23-2)20(24-3)18(11)21/h7-8,13H,4-6,9H2,1-3H3/t13-/m0/s1. The number of halogens is 1. The SMILES string of the molecule is COc1c(Br)c2c3c(c1OC)-c1cc4c(cc1C[C@@H]3N(C)CC2)OCO4. The maximum Gasteiger partial charge on any atom is 0.231 e. The zero-order valence-corrected chi connectivity index (χ0v) is 16.6. The number of methoxy groups -OCH3 is 2. The van der Waals surface area contributed by atoms with Gasteiger partial charge < -0.3 is 18.9 Å². The van der Waals surface area contributed by atoms with Crippen molar-refractivity contribution in [2.75, 3.05) is 34.6 Å². The van der Waals surface area contributed by atoms with Crippen LogP contribution in [0.1, 0.15) is 22.7 Å². The molecule has 0 amide bonds. The summed E-state index contributed by atoms with van der Waals surface area (Å²) in [6.07, 6.45) is 1.93. The molecule has 1 atom stereocenters. The highest BCUT2D eigenvalue weighted by molar-refractivity contribution is 9.10. The van der Waals surface area contributed by atoms with Crippen LogP contribution >= 0.6 is 15.9 Å². The van der Waals surface area contributed by atoms with E-state index >= 15 is 0 Å². The molecule has 136 valence electrons. The summed E-state index contributed by atoms with van der Waals surface area (Å²) in [6, 6.07) is 4.53. The third kappa shape index (κ3) is 2.06. The molecule has 0 fully saturated rings. The Kier molecular flexibility index (Phi) is 3.62. The van der Waals surface area contributed by atoms with Crippen molar-refractivity contribution in [3.8, 4) is 34.1 Å². The van der Waals surface area contributed by atoms with Gasteiger partial charge >= 0.3 is 0 Å². The maximum atomic E-state index is 5.85. The van der Waals surface area contributed by atoms with Gasteiger partial charge in [-0.1, -0.05) is 0 Å². The molecular weight excluding hydrogens is 398 g/mol. The Labute approximate surface area is 160 Å². The quantitative estimate of drug-likeness (QED) is 0.739. The molecule has 0 aromatic heterocycles. The minimum atomic E-state index is 0.278. The molecule has 2 heterocycles. The van der Waals surface area contributed by atoms with Crippen LogP contribution in [0, 0.1) is 0 Å². The molecule has 3 aliphatic rings. The highest BCUT2D eigenvalue weighted by Gasteiger charge is 2.39. The molecule has 2 aromatic carbocycles. The Hall–Kier alpha value is -1.92. The molecule has 1 aliphatic carbocycles. The Balaban J connectivity index is 1.88. The first-order valence-electron chi connectivity index (χ1n) is 8.73. The lowest BCUT2D eigenvalue weighted by molar-refractivity contribution is 0.174. The van der Waals surface area contributed by atoms with Crippen molar-refractivity contribution >= 4 is 15.9 Å². The van der Waals surface area contributed by atoms with Gasteiger partial charge in [0, 0.05) is 18.2 Å². The zero-order valence-electron chi connectivity index (χ0n) is 15.0. The largest absolute Gasteiger partial charge is 0.492 e. The summed E-state index contributed by atoms with van der Waals surface area (Å²) in [7, 11) is 5.59. The summed E-state index contributed by atoms with van der Waals surface area (Å²) < 4.78 is 23.8. The number of ether oxygens (including phenoxy) is 4. The van der Waals surface area contributed by atoms with Gasteiger partial charge in [0.1, 0.15) is 0 Å². The summed E-state index contributed by atoms with van der Waals surface area (Å²) in [5.41, 5.74) is 6.20. The van der Waals surface area contributed by atoms with E-state index in [9.17, 15) is 0 Å². The van der Waals surface area contributed by atoms with Gasteiger partial charge in [0.05, 0.1) is 18.7 Å². The van der Waals surface area contributed by atoms with Crippen molar-refractivity contribution in [3.05, 3.63) is 33.3 Å². The number of likely N-dealkylation sites (N-methyl/N-ethyl adjacent to an activating group) is 1. The number of benzene rings is 2. The maximum absolute atomic E-state index is 5.85. The van der Waals surface area contributed by atoms with Gasteiger partial charge in [-0.3, -0.25) is 4.90 Å². The lowest BCUT2D eigenvalue weighted by atomic mass is 9.76. The minimum Gasteiger partial charge on any atom is -0.492 e. The van der Waals surface area contributed by atoms with E-state index in [0.717, 1.165) is 58.0 Å². The number of hydrogen-bond acceptors (Lipinski definition) is 5.